The summed E-state index contributed by atoms with van der Waals surface area (Å²) in [6.45, 7) is 22.6. The highest BCUT2D eigenvalue weighted by Gasteiger charge is 2.42. The highest BCUT2D eigenvalue weighted by atomic mass is 28.3. The highest BCUT2D eigenvalue weighted by molar-refractivity contribution is 6.92. The first-order chi connectivity index (χ1) is 10.8. The third-order valence-electron chi connectivity index (χ3n) is 6.09. The molecule has 0 unspecified atom stereocenters. The summed E-state index contributed by atoms with van der Waals surface area (Å²) in [5.74, 6) is 0.535. The standard InChI is InChI=1S/C22H34OSi/c1-13-11-18(22(6,7)8)20(23)19(12-13)24(9,10)21-16(4)14(2)15(3)17(21)5/h11-12,21,23H,1-10H3. The fourth-order valence-corrected chi connectivity index (χ4v) is 8.68. The second-order valence-corrected chi connectivity index (χ2v) is 13.8. The topological polar surface area (TPSA) is 20.2 Å². The van der Waals surface area contributed by atoms with E-state index in [1.807, 2.05) is 0 Å². The second kappa shape index (κ2) is 5.91. The van der Waals surface area contributed by atoms with E-state index in [0.717, 1.165) is 5.56 Å². The molecule has 0 spiro atoms. The van der Waals surface area contributed by atoms with Crippen LogP contribution in [-0.4, -0.2) is 13.2 Å². The Balaban J connectivity index is 2.70. The van der Waals surface area contributed by atoms with E-state index in [1.54, 1.807) is 0 Å². The van der Waals surface area contributed by atoms with Gasteiger partial charge in [0.05, 0.1) is 8.07 Å². The lowest BCUT2D eigenvalue weighted by Gasteiger charge is -2.35. The maximum atomic E-state index is 11.2. The molecule has 0 amide bonds. The van der Waals surface area contributed by atoms with E-state index in [9.17, 15) is 5.11 Å². The van der Waals surface area contributed by atoms with Crippen molar-refractivity contribution in [2.75, 3.05) is 0 Å². The van der Waals surface area contributed by atoms with Crippen LogP contribution in [-0.2, 0) is 5.41 Å². The molecule has 1 aromatic carbocycles. The van der Waals surface area contributed by atoms with Crippen molar-refractivity contribution in [1.29, 1.82) is 0 Å². The van der Waals surface area contributed by atoms with Crippen LogP contribution in [0.3, 0.4) is 0 Å². The molecule has 132 valence electrons. The van der Waals surface area contributed by atoms with E-state index >= 15 is 0 Å². The minimum absolute atomic E-state index is 0.0490. The first-order valence-electron chi connectivity index (χ1n) is 8.99. The number of phenols is 1. The number of aromatic hydroxyl groups is 1. The lowest BCUT2D eigenvalue weighted by Crippen LogP contribution is -2.47. The van der Waals surface area contributed by atoms with Crippen molar-refractivity contribution in [3.8, 4) is 5.75 Å². The minimum atomic E-state index is -1.91. The molecule has 1 aliphatic carbocycles. The number of hydrogen-bond acceptors (Lipinski definition) is 1. The van der Waals surface area contributed by atoms with Gasteiger partial charge in [-0.1, -0.05) is 62.7 Å². The molecule has 0 saturated heterocycles. The zero-order valence-electron chi connectivity index (χ0n) is 17.2. The number of benzene rings is 1. The van der Waals surface area contributed by atoms with Crippen molar-refractivity contribution >= 4 is 13.3 Å². The summed E-state index contributed by atoms with van der Waals surface area (Å²) >= 11 is 0. The summed E-state index contributed by atoms with van der Waals surface area (Å²) in [4.78, 5) is 0. The Labute approximate surface area is 149 Å². The Morgan fingerprint density at radius 2 is 1.33 bits per heavy atom. The van der Waals surface area contributed by atoms with Crippen molar-refractivity contribution in [3.63, 3.8) is 0 Å². The summed E-state index contributed by atoms with van der Waals surface area (Å²) in [6.07, 6.45) is 0. The van der Waals surface area contributed by atoms with Gasteiger partial charge in [0.1, 0.15) is 5.75 Å². The van der Waals surface area contributed by atoms with Crippen LogP contribution in [0.25, 0.3) is 0 Å². The summed E-state index contributed by atoms with van der Waals surface area (Å²) in [6, 6.07) is 4.39. The van der Waals surface area contributed by atoms with E-state index < -0.39 is 8.07 Å². The van der Waals surface area contributed by atoms with Crippen LogP contribution in [0.5, 0.6) is 5.75 Å². The molecule has 1 aliphatic rings. The summed E-state index contributed by atoms with van der Waals surface area (Å²) in [7, 11) is -1.91. The third kappa shape index (κ3) is 2.90. The Morgan fingerprint density at radius 3 is 1.75 bits per heavy atom. The number of aryl methyl sites for hydroxylation is 1. The monoisotopic (exact) mass is 342 g/mol. The molecule has 0 aliphatic heterocycles. The quantitative estimate of drug-likeness (QED) is 0.656. The molecule has 0 aromatic heterocycles. The van der Waals surface area contributed by atoms with Crippen molar-refractivity contribution in [1.82, 2.24) is 0 Å². The molecule has 2 rings (SSSR count). The fourth-order valence-electron chi connectivity index (χ4n) is 4.43. The van der Waals surface area contributed by atoms with Gasteiger partial charge in [0.25, 0.3) is 0 Å². The van der Waals surface area contributed by atoms with Gasteiger partial charge in [-0.05, 0) is 61.9 Å². The van der Waals surface area contributed by atoms with Crippen LogP contribution in [0, 0.1) is 6.92 Å². The maximum Gasteiger partial charge on any atom is 0.118 e. The lowest BCUT2D eigenvalue weighted by atomic mass is 9.85. The van der Waals surface area contributed by atoms with Gasteiger partial charge >= 0.3 is 0 Å². The van der Waals surface area contributed by atoms with Crippen molar-refractivity contribution in [2.45, 2.75) is 79.4 Å². The van der Waals surface area contributed by atoms with Crippen molar-refractivity contribution in [2.24, 2.45) is 0 Å². The Morgan fingerprint density at radius 1 is 0.875 bits per heavy atom. The van der Waals surface area contributed by atoms with Gasteiger partial charge in [-0.25, -0.2) is 0 Å². The predicted octanol–water partition coefficient (Wildman–Crippen LogP) is 5.97. The zero-order valence-corrected chi connectivity index (χ0v) is 18.2. The predicted molar refractivity (Wildman–Crippen MR) is 109 cm³/mol. The normalized spacial score (nSPS) is 17.2. The molecular weight excluding hydrogens is 308 g/mol. The van der Waals surface area contributed by atoms with Crippen LogP contribution < -0.4 is 5.19 Å². The molecule has 0 bridgehead atoms. The summed E-state index contributed by atoms with van der Waals surface area (Å²) in [5.41, 5.74) is 8.66. The number of phenolic OH excluding ortho intramolecular Hbond substituents is 1. The average molecular weight is 343 g/mol. The molecule has 24 heavy (non-hydrogen) atoms. The van der Waals surface area contributed by atoms with Crippen LogP contribution in [0.4, 0.5) is 0 Å². The molecule has 2 heteroatoms. The Hall–Kier alpha value is -1.28. The van der Waals surface area contributed by atoms with Crippen LogP contribution in [0.1, 0.15) is 59.6 Å². The van der Waals surface area contributed by atoms with E-state index in [0.29, 0.717) is 11.3 Å². The molecule has 0 heterocycles. The fraction of sp³-hybridized carbons (Fsp3) is 0.545. The van der Waals surface area contributed by atoms with E-state index in [2.05, 4.69) is 80.6 Å². The van der Waals surface area contributed by atoms with Gasteiger partial charge in [-0.2, -0.15) is 0 Å². The first-order valence-corrected chi connectivity index (χ1v) is 12.1. The SMILES string of the molecule is CC1=C(C)C([Si](C)(C)c2cc(C)cc(C(C)(C)C)c2O)C(C)=C1C. The average Bonchev–Trinajstić information content (AvgIpc) is 2.64. The molecule has 1 aromatic rings. The van der Waals surface area contributed by atoms with E-state index in [4.69, 9.17) is 0 Å². The largest absolute Gasteiger partial charge is 0.508 e. The number of hydrogen-bond donors (Lipinski definition) is 1. The van der Waals surface area contributed by atoms with Gasteiger partial charge in [0.15, 0.2) is 0 Å². The second-order valence-electron chi connectivity index (χ2n) is 9.23. The van der Waals surface area contributed by atoms with E-state index in [-0.39, 0.29) is 5.41 Å². The molecule has 0 fully saturated rings. The minimum Gasteiger partial charge on any atom is -0.508 e. The van der Waals surface area contributed by atoms with Crippen LogP contribution in [0.2, 0.25) is 18.6 Å². The van der Waals surface area contributed by atoms with Gasteiger partial charge in [0, 0.05) is 5.54 Å². The third-order valence-corrected chi connectivity index (χ3v) is 10.2. The summed E-state index contributed by atoms with van der Waals surface area (Å²) < 4.78 is 0. The highest BCUT2D eigenvalue weighted by Crippen LogP contribution is 2.47. The maximum absolute atomic E-state index is 11.2. The molecule has 1 N–H and O–H groups in total. The van der Waals surface area contributed by atoms with Gasteiger partial charge < -0.3 is 5.11 Å². The van der Waals surface area contributed by atoms with Crippen molar-refractivity contribution < 1.29 is 5.11 Å². The molecular formula is C22H34OSi. The van der Waals surface area contributed by atoms with Crippen molar-refractivity contribution in [3.05, 3.63) is 45.6 Å². The van der Waals surface area contributed by atoms with Gasteiger partial charge in [0.2, 0.25) is 0 Å². The first kappa shape index (κ1) is 19.0. The number of allylic oxidation sites excluding steroid dienone is 4. The lowest BCUT2D eigenvalue weighted by molar-refractivity contribution is 0.450. The van der Waals surface area contributed by atoms with Gasteiger partial charge in [-0.15, -0.1) is 0 Å². The Bertz CT molecular complexity index is 718. The number of rotatable bonds is 2. The van der Waals surface area contributed by atoms with Crippen LogP contribution in [0.15, 0.2) is 34.4 Å². The summed E-state index contributed by atoms with van der Waals surface area (Å²) in [5, 5.41) is 12.4. The molecule has 0 atom stereocenters. The molecule has 1 nitrogen and oxygen atoms in total. The zero-order chi connectivity index (χ0) is 18.6. The smallest absolute Gasteiger partial charge is 0.118 e. The van der Waals surface area contributed by atoms with E-state index in [1.165, 1.54) is 33.0 Å². The molecule has 0 saturated carbocycles. The van der Waals surface area contributed by atoms with Crippen LogP contribution >= 0.6 is 0 Å². The molecule has 0 radical (unpaired) electrons. The van der Waals surface area contributed by atoms with Gasteiger partial charge in [-0.3, -0.25) is 0 Å². The Kier molecular flexibility index (Phi) is 4.69.